The molecule has 9 nitrogen and oxygen atoms in total. The van der Waals surface area contributed by atoms with Gasteiger partial charge in [0, 0.05) is 11.9 Å². The van der Waals surface area contributed by atoms with Crippen molar-refractivity contribution in [3.8, 4) is 5.69 Å². The lowest BCUT2D eigenvalue weighted by molar-refractivity contribution is 0.594. The maximum absolute atomic E-state index is 13.9. The second kappa shape index (κ2) is 9.94. The molecule has 188 valence electrons. The van der Waals surface area contributed by atoms with Crippen molar-refractivity contribution in [3.63, 3.8) is 0 Å². The van der Waals surface area contributed by atoms with Crippen molar-refractivity contribution in [1.82, 2.24) is 24.5 Å². The van der Waals surface area contributed by atoms with Gasteiger partial charge in [0.05, 0.1) is 16.3 Å². The smallest absolute Gasteiger partial charge is 0.232 e. The predicted octanol–water partition coefficient (Wildman–Crippen LogP) is 5.33. The molecule has 0 unspecified atom stereocenters. The van der Waals surface area contributed by atoms with Gasteiger partial charge in [-0.3, -0.25) is 4.57 Å². The summed E-state index contributed by atoms with van der Waals surface area (Å²) in [5.41, 5.74) is 3.08. The number of pyridine rings is 1. The van der Waals surface area contributed by atoms with E-state index < -0.39 is 9.84 Å². The number of aromatic nitrogens is 5. The minimum absolute atomic E-state index is 0.0892. The lowest BCUT2D eigenvalue weighted by atomic mass is 10.3. The van der Waals surface area contributed by atoms with Crippen LogP contribution >= 0.6 is 0 Å². The zero-order chi connectivity index (χ0) is 26.0. The van der Waals surface area contributed by atoms with Gasteiger partial charge in [0.1, 0.15) is 18.0 Å². The number of nitrogens with zero attached hydrogens (tertiary/aromatic N) is 5. The molecule has 37 heavy (non-hydrogen) atoms. The minimum Gasteiger partial charge on any atom is -0.338 e. The van der Waals surface area contributed by atoms with E-state index in [1.807, 2.05) is 26.0 Å². The number of halogens is 1. The van der Waals surface area contributed by atoms with Crippen LogP contribution in [-0.2, 0) is 9.84 Å². The molecule has 0 fully saturated rings. The maximum Gasteiger partial charge on any atom is 0.232 e. The Balaban J connectivity index is 1.56. The highest BCUT2D eigenvalue weighted by atomic mass is 32.2. The van der Waals surface area contributed by atoms with Gasteiger partial charge in [0.25, 0.3) is 0 Å². The Labute approximate surface area is 213 Å². The molecule has 0 spiro atoms. The number of hydrogen-bond acceptors (Lipinski definition) is 8. The van der Waals surface area contributed by atoms with Crippen molar-refractivity contribution in [1.29, 1.82) is 0 Å². The molecule has 0 radical (unpaired) electrons. The Morgan fingerprint density at radius 1 is 0.973 bits per heavy atom. The van der Waals surface area contributed by atoms with Crippen LogP contribution in [0.1, 0.15) is 18.9 Å². The van der Waals surface area contributed by atoms with Crippen LogP contribution in [0, 0.1) is 12.7 Å². The Morgan fingerprint density at radius 2 is 1.78 bits per heavy atom. The van der Waals surface area contributed by atoms with E-state index in [9.17, 15) is 12.8 Å². The summed E-state index contributed by atoms with van der Waals surface area (Å²) >= 11 is 0. The molecule has 3 aromatic heterocycles. The van der Waals surface area contributed by atoms with E-state index in [-0.39, 0.29) is 22.4 Å². The summed E-state index contributed by atoms with van der Waals surface area (Å²) in [4.78, 5) is 18.3. The van der Waals surface area contributed by atoms with Gasteiger partial charge in [0.2, 0.25) is 5.95 Å². The van der Waals surface area contributed by atoms with E-state index in [2.05, 4.69) is 30.6 Å². The molecule has 0 atom stereocenters. The summed E-state index contributed by atoms with van der Waals surface area (Å²) in [7, 11) is -3.33. The summed E-state index contributed by atoms with van der Waals surface area (Å²) in [6, 6.07) is 16.3. The first kappa shape index (κ1) is 24.3. The Morgan fingerprint density at radius 3 is 2.49 bits per heavy atom. The van der Waals surface area contributed by atoms with Crippen LogP contribution in [0.25, 0.3) is 16.9 Å². The molecule has 0 aliphatic heterocycles. The van der Waals surface area contributed by atoms with E-state index in [0.29, 0.717) is 40.6 Å². The van der Waals surface area contributed by atoms with Crippen molar-refractivity contribution < 1.29 is 12.8 Å². The van der Waals surface area contributed by atoms with Crippen LogP contribution in [0.2, 0.25) is 0 Å². The zero-order valence-corrected chi connectivity index (χ0v) is 21.0. The Bertz CT molecular complexity index is 1670. The topological polar surface area (TPSA) is 115 Å². The van der Waals surface area contributed by atoms with Crippen LogP contribution in [0.5, 0.6) is 0 Å². The third-order valence-corrected chi connectivity index (χ3v) is 7.52. The SMILES string of the molecule is CCCS(=O)(=O)c1ccc(Nc2nc(Nc3ccc(C)cn3)nc3c2ncn3-c2cccc(F)c2)cc1. The third-order valence-electron chi connectivity index (χ3n) is 5.58. The summed E-state index contributed by atoms with van der Waals surface area (Å²) in [6.07, 6.45) is 3.82. The molecule has 0 aliphatic carbocycles. The molecule has 5 rings (SSSR count). The molecule has 0 aliphatic rings. The van der Waals surface area contributed by atoms with Gasteiger partial charge in [-0.15, -0.1) is 0 Å². The predicted molar refractivity (Wildman–Crippen MR) is 141 cm³/mol. The monoisotopic (exact) mass is 517 g/mol. The lowest BCUT2D eigenvalue weighted by Gasteiger charge is -2.11. The molecule has 11 heteroatoms. The van der Waals surface area contributed by atoms with E-state index in [1.54, 1.807) is 53.5 Å². The Kier molecular flexibility index (Phi) is 6.53. The van der Waals surface area contributed by atoms with Crippen molar-refractivity contribution in [3.05, 3.63) is 84.6 Å². The number of fused-ring (bicyclic) bond motifs is 1. The number of imidazole rings is 1. The highest BCUT2D eigenvalue weighted by molar-refractivity contribution is 7.91. The van der Waals surface area contributed by atoms with Gasteiger partial charge < -0.3 is 10.6 Å². The maximum atomic E-state index is 13.9. The van der Waals surface area contributed by atoms with Crippen molar-refractivity contribution in [2.24, 2.45) is 0 Å². The average Bonchev–Trinajstić information content (AvgIpc) is 3.30. The summed E-state index contributed by atoms with van der Waals surface area (Å²) in [5.74, 6) is 0.905. The van der Waals surface area contributed by atoms with Crippen LogP contribution in [0.15, 0.2) is 78.1 Å². The lowest BCUT2D eigenvalue weighted by Crippen LogP contribution is -2.06. The van der Waals surface area contributed by atoms with Gasteiger partial charge in [0.15, 0.2) is 26.8 Å². The van der Waals surface area contributed by atoms with Crippen molar-refractivity contribution in [2.45, 2.75) is 25.2 Å². The number of benzene rings is 2. The van der Waals surface area contributed by atoms with E-state index in [4.69, 9.17) is 0 Å². The van der Waals surface area contributed by atoms with Crippen molar-refractivity contribution in [2.75, 3.05) is 16.4 Å². The molecule has 2 aromatic carbocycles. The van der Waals surface area contributed by atoms with Crippen molar-refractivity contribution >= 4 is 44.3 Å². The molecule has 5 aromatic rings. The molecule has 2 N–H and O–H groups in total. The van der Waals surface area contributed by atoms with Crippen LogP contribution in [-0.4, -0.2) is 38.7 Å². The van der Waals surface area contributed by atoms with E-state index in [1.165, 1.54) is 12.1 Å². The number of aryl methyl sites for hydroxylation is 1. The minimum atomic E-state index is -3.33. The normalized spacial score (nSPS) is 11.5. The standard InChI is InChI=1S/C26H24FN7O2S/c1-3-13-37(35,36)21-10-8-19(9-11-21)30-24-23-25(34(16-29-23)20-6-4-5-18(27)14-20)33-26(32-24)31-22-12-7-17(2)15-28-22/h4-12,14-16H,3,13H2,1-2H3,(H2,28,30,31,32,33). The van der Waals surface area contributed by atoms with Gasteiger partial charge in [-0.05, 0) is 67.4 Å². The number of hydrogen-bond donors (Lipinski definition) is 2. The molecule has 0 bridgehead atoms. The molecular formula is C26H24FN7O2S. The largest absolute Gasteiger partial charge is 0.338 e. The Hall–Kier alpha value is -4.38. The molecular weight excluding hydrogens is 493 g/mol. The number of anilines is 4. The van der Waals surface area contributed by atoms with Gasteiger partial charge in [-0.1, -0.05) is 19.1 Å². The fourth-order valence-corrected chi connectivity index (χ4v) is 5.11. The van der Waals surface area contributed by atoms with E-state index in [0.717, 1.165) is 5.56 Å². The fraction of sp³-hybridized carbons (Fsp3) is 0.154. The number of sulfone groups is 1. The summed E-state index contributed by atoms with van der Waals surface area (Å²) in [5, 5.41) is 6.32. The highest BCUT2D eigenvalue weighted by Gasteiger charge is 2.17. The molecule has 0 saturated carbocycles. The summed E-state index contributed by atoms with van der Waals surface area (Å²) in [6.45, 7) is 3.77. The fourth-order valence-electron chi connectivity index (χ4n) is 3.78. The van der Waals surface area contributed by atoms with Gasteiger partial charge in [-0.2, -0.15) is 9.97 Å². The molecule has 0 amide bonds. The molecule has 0 saturated heterocycles. The van der Waals surface area contributed by atoms with Crippen LogP contribution < -0.4 is 10.6 Å². The highest BCUT2D eigenvalue weighted by Crippen LogP contribution is 2.28. The van der Waals surface area contributed by atoms with Crippen LogP contribution in [0.3, 0.4) is 0 Å². The van der Waals surface area contributed by atoms with Crippen LogP contribution in [0.4, 0.5) is 27.7 Å². The van der Waals surface area contributed by atoms with E-state index >= 15 is 0 Å². The second-order valence-electron chi connectivity index (χ2n) is 8.48. The summed E-state index contributed by atoms with van der Waals surface area (Å²) < 4.78 is 40.4. The second-order valence-corrected chi connectivity index (χ2v) is 10.6. The zero-order valence-electron chi connectivity index (χ0n) is 20.2. The first-order valence-electron chi connectivity index (χ1n) is 11.6. The average molecular weight is 518 g/mol. The quantitative estimate of drug-likeness (QED) is 0.284. The van der Waals surface area contributed by atoms with Gasteiger partial charge >= 0.3 is 0 Å². The van der Waals surface area contributed by atoms with Gasteiger partial charge in [-0.25, -0.2) is 22.8 Å². The first-order valence-corrected chi connectivity index (χ1v) is 13.3. The first-order chi connectivity index (χ1) is 17.8. The number of rotatable bonds is 8. The number of nitrogens with one attached hydrogen (secondary N) is 2. The third kappa shape index (κ3) is 5.26. The molecule has 3 heterocycles.